The zero-order valence-electron chi connectivity index (χ0n) is 24.7. The fourth-order valence-electron chi connectivity index (χ4n) is 7.29. The topological polar surface area (TPSA) is 72.5 Å². The highest BCUT2D eigenvalue weighted by Gasteiger charge is 2.63. The molecule has 1 aromatic rings. The van der Waals surface area contributed by atoms with Gasteiger partial charge in [0, 0.05) is 18.4 Å². The smallest absolute Gasteiger partial charge is 0.308 e. The average molecular weight is 549 g/mol. The summed E-state index contributed by atoms with van der Waals surface area (Å²) in [5.41, 5.74) is 0.901. The number of hydrogen-bond acceptors (Lipinski definition) is 7. The number of methoxy groups -OCH3 is 1. The number of esters is 1. The Bertz CT molecular complexity index is 931. The normalized spacial score (nSPS) is 35.7. The maximum atomic E-state index is 12.3. The molecular weight excluding hydrogens is 500 g/mol. The van der Waals surface area contributed by atoms with E-state index in [0.29, 0.717) is 36.1 Å². The largest absolute Gasteiger partial charge is 0.469 e. The second-order valence-corrected chi connectivity index (χ2v) is 18.1. The third-order valence-corrected chi connectivity index (χ3v) is 15.3. The van der Waals surface area contributed by atoms with Gasteiger partial charge in [0.25, 0.3) is 0 Å². The van der Waals surface area contributed by atoms with Crippen molar-refractivity contribution in [3.05, 3.63) is 35.9 Å². The van der Waals surface area contributed by atoms with Gasteiger partial charge < -0.3 is 28.1 Å². The van der Waals surface area contributed by atoms with E-state index >= 15 is 0 Å². The highest BCUT2D eigenvalue weighted by molar-refractivity contribution is 6.77. The predicted octanol–water partition coefficient (Wildman–Crippen LogP) is 6.32. The standard InChI is InChI=1S/C30H48O7Si/c1-19(2)38(20(3)4,21(5)6)36-26-15-23(16-27(31)32-9)34-25-17-24-29(7,37-30(25,26)8)18-33-28(35-24)22-13-11-10-12-14-22/h10-14,19-21,23-26,28H,15-18H2,1-9H3/t23-,24+,25-,26+,28-,29-,30-/m1/s1. The molecule has 8 heteroatoms. The molecule has 3 saturated heterocycles. The van der Waals surface area contributed by atoms with Gasteiger partial charge in [-0.3, -0.25) is 4.79 Å². The molecule has 3 fully saturated rings. The van der Waals surface area contributed by atoms with Crippen LogP contribution in [0.25, 0.3) is 0 Å². The van der Waals surface area contributed by atoms with Crippen LogP contribution >= 0.6 is 0 Å². The van der Waals surface area contributed by atoms with Crippen molar-refractivity contribution in [1.82, 2.24) is 0 Å². The summed E-state index contributed by atoms with van der Waals surface area (Å²) in [5, 5.41) is 0. The Balaban J connectivity index is 1.66. The van der Waals surface area contributed by atoms with Gasteiger partial charge in [0.1, 0.15) is 11.2 Å². The fourth-order valence-corrected chi connectivity index (χ4v) is 12.9. The minimum atomic E-state index is -2.25. The first-order valence-electron chi connectivity index (χ1n) is 14.3. The van der Waals surface area contributed by atoms with E-state index in [1.54, 1.807) is 0 Å². The van der Waals surface area contributed by atoms with E-state index in [9.17, 15) is 4.79 Å². The van der Waals surface area contributed by atoms with Gasteiger partial charge in [-0.15, -0.1) is 0 Å². The summed E-state index contributed by atoms with van der Waals surface area (Å²) in [6.45, 7) is 18.4. The van der Waals surface area contributed by atoms with Crippen molar-refractivity contribution in [3.8, 4) is 0 Å². The van der Waals surface area contributed by atoms with Crippen LogP contribution in [-0.2, 0) is 32.9 Å². The molecule has 4 rings (SSSR count). The summed E-state index contributed by atoms with van der Waals surface area (Å²) < 4.78 is 38.8. The van der Waals surface area contributed by atoms with Crippen LogP contribution in [0.3, 0.4) is 0 Å². The van der Waals surface area contributed by atoms with Crippen LogP contribution < -0.4 is 0 Å². The van der Waals surface area contributed by atoms with E-state index in [1.165, 1.54) is 7.11 Å². The zero-order valence-corrected chi connectivity index (χ0v) is 25.7. The van der Waals surface area contributed by atoms with Crippen LogP contribution in [0.15, 0.2) is 30.3 Å². The maximum Gasteiger partial charge on any atom is 0.308 e. The third-order valence-electron chi connectivity index (χ3n) is 9.23. The molecular formula is C30H48O7Si. The van der Waals surface area contributed by atoms with Crippen molar-refractivity contribution in [3.63, 3.8) is 0 Å². The van der Waals surface area contributed by atoms with Crippen molar-refractivity contribution in [2.45, 2.75) is 133 Å². The molecule has 0 radical (unpaired) electrons. The van der Waals surface area contributed by atoms with Gasteiger partial charge in [0.15, 0.2) is 6.29 Å². The van der Waals surface area contributed by atoms with Gasteiger partial charge in [-0.25, -0.2) is 0 Å². The third kappa shape index (κ3) is 5.37. The van der Waals surface area contributed by atoms with Gasteiger partial charge in [0.2, 0.25) is 8.32 Å². The first-order valence-corrected chi connectivity index (χ1v) is 16.4. The lowest BCUT2D eigenvalue weighted by Gasteiger charge is -2.61. The molecule has 0 amide bonds. The molecule has 1 aromatic carbocycles. The van der Waals surface area contributed by atoms with E-state index in [4.69, 9.17) is 28.1 Å². The summed E-state index contributed by atoms with van der Waals surface area (Å²) in [5.74, 6) is -0.273. The maximum absolute atomic E-state index is 12.3. The van der Waals surface area contributed by atoms with E-state index < -0.39 is 25.8 Å². The molecule has 0 aromatic heterocycles. The molecule has 3 aliphatic rings. The van der Waals surface area contributed by atoms with E-state index in [-0.39, 0.29) is 36.8 Å². The van der Waals surface area contributed by atoms with Gasteiger partial charge >= 0.3 is 5.97 Å². The Morgan fingerprint density at radius 1 is 0.974 bits per heavy atom. The van der Waals surface area contributed by atoms with Crippen LogP contribution in [0, 0.1) is 0 Å². The molecule has 0 bridgehead atoms. The first-order chi connectivity index (χ1) is 17.9. The number of carbonyl (C=O) groups is 1. The lowest BCUT2D eigenvalue weighted by Crippen LogP contribution is -2.72. The molecule has 0 aliphatic carbocycles. The molecule has 3 heterocycles. The van der Waals surface area contributed by atoms with Gasteiger partial charge in [-0.2, -0.15) is 0 Å². The van der Waals surface area contributed by atoms with E-state index in [2.05, 4.69) is 55.4 Å². The second kappa shape index (κ2) is 11.3. The van der Waals surface area contributed by atoms with Gasteiger partial charge in [0.05, 0.1) is 44.6 Å². The molecule has 214 valence electrons. The number of hydrogen-bond donors (Lipinski definition) is 0. The molecule has 0 saturated carbocycles. The lowest BCUT2D eigenvalue weighted by molar-refractivity contribution is -0.382. The number of ether oxygens (including phenoxy) is 5. The van der Waals surface area contributed by atoms with Crippen LogP contribution in [0.1, 0.15) is 86.5 Å². The average Bonchev–Trinajstić information content (AvgIpc) is 2.85. The number of benzene rings is 1. The minimum Gasteiger partial charge on any atom is -0.469 e. The molecule has 0 N–H and O–H groups in total. The molecule has 3 aliphatic heterocycles. The number of carbonyl (C=O) groups excluding carboxylic acids is 1. The predicted molar refractivity (Wildman–Crippen MR) is 148 cm³/mol. The van der Waals surface area contributed by atoms with Crippen molar-refractivity contribution in [1.29, 1.82) is 0 Å². The van der Waals surface area contributed by atoms with Crippen molar-refractivity contribution >= 4 is 14.3 Å². The van der Waals surface area contributed by atoms with Gasteiger partial charge in [-0.05, 0) is 30.5 Å². The quantitative estimate of drug-likeness (QED) is 0.278. The number of rotatable bonds is 8. The molecule has 7 nitrogen and oxygen atoms in total. The molecule has 0 unspecified atom stereocenters. The summed E-state index contributed by atoms with van der Waals surface area (Å²) in [7, 11) is -0.831. The Hall–Kier alpha value is -1.29. The van der Waals surface area contributed by atoms with E-state index in [1.807, 2.05) is 30.3 Å². The summed E-state index contributed by atoms with van der Waals surface area (Å²) >= 11 is 0. The Morgan fingerprint density at radius 2 is 1.61 bits per heavy atom. The van der Waals surface area contributed by atoms with Crippen LogP contribution in [0.2, 0.25) is 16.6 Å². The minimum absolute atomic E-state index is 0.196. The zero-order chi connectivity index (χ0) is 27.9. The van der Waals surface area contributed by atoms with Crippen LogP contribution in [0.4, 0.5) is 0 Å². The van der Waals surface area contributed by atoms with Crippen LogP contribution in [-0.4, -0.2) is 63.6 Å². The summed E-state index contributed by atoms with van der Waals surface area (Å²) in [6, 6.07) is 9.99. The van der Waals surface area contributed by atoms with Crippen molar-refractivity contribution in [2.24, 2.45) is 0 Å². The second-order valence-electron chi connectivity index (χ2n) is 12.7. The summed E-state index contributed by atoms with van der Waals surface area (Å²) in [4.78, 5) is 12.3. The van der Waals surface area contributed by atoms with Crippen molar-refractivity contribution in [2.75, 3.05) is 13.7 Å². The SMILES string of the molecule is COC(=O)C[C@H]1C[C@H](O[Si](C(C)C)(C(C)C)C(C)C)[C@]2(C)O[C@]3(C)CO[C@@H](c4ccccc4)O[C@H]3C[C@H]2O1. The van der Waals surface area contributed by atoms with E-state index in [0.717, 1.165) is 5.56 Å². The highest BCUT2D eigenvalue weighted by Crippen LogP contribution is 2.52. The lowest BCUT2D eigenvalue weighted by atomic mass is 9.76. The summed E-state index contributed by atoms with van der Waals surface area (Å²) in [6.07, 6.45) is -0.0794. The monoisotopic (exact) mass is 548 g/mol. The first kappa shape index (κ1) is 29.7. The molecule has 7 atom stereocenters. The fraction of sp³-hybridized carbons (Fsp3) is 0.767. The molecule has 38 heavy (non-hydrogen) atoms. The van der Waals surface area contributed by atoms with Gasteiger partial charge in [-0.1, -0.05) is 71.9 Å². The highest BCUT2D eigenvalue weighted by atomic mass is 28.4. The number of fused-ring (bicyclic) bond motifs is 2. The Labute approximate surface area is 230 Å². The Morgan fingerprint density at radius 3 is 2.18 bits per heavy atom. The molecule has 0 spiro atoms. The Kier molecular flexibility index (Phi) is 8.82. The van der Waals surface area contributed by atoms with Crippen LogP contribution in [0.5, 0.6) is 0 Å². The van der Waals surface area contributed by atoms with Crippen molar-refractivity contribution < 1.29 is 32.9 Å².